The normalized spacial score (nSPS) is 31.1. The van der Waals surface area contributed by atoms with Gasteiger partial charge in [-0.05, 0) is 12.3 Å². The van der Waals surface area contributed by atoms with Gasteiger partial charge in [0.2, 0.25) is 17.7 Å². The third-order valence-corrected chi connectivity index (χ3v) is 5.73. The van der Waals surface area contributed by atoms with Crippen molar-refractivity contribution in [2.75, 3.05) is 26.2 Å². The van der Waals surface area contributed by atoms with Crippen molar-refractivity contribution in [2.45, 2.75) is 51.6 Å². The molecular formula is C18H28F2N2O3. The number of likely N-dealkylation sites (tertiary alicyclic amines) is 1. The Morgan fingerprint density at radius 1 is 1.28 bits per heavy atom. The number of ether oxygens (including phenoxy) is 1. The largest absolute Gasteiger partial charge is 0.376 e. The lowest BCUT2D eigenvalue weighted by atomic mass is 9.80. The van der Waals surface area contributed by atoms with E-state index in [4.69, 9.17) is 4.74 Å². The molecular weight excluding hydrogens is 330 g/mol. The zero-order valence-corrected chi connectivity index (χ0v) is 15.0. The number of hydrogen-bond donors (Lipinski definition) is 1. The number of nitrogens with zero attached hydrogens (tertiary/aromatic N) is 1. The number of carbonyl (C=O) groups is 2. The molecule has 0 spiro atoms. The van der Waals surface area contributed by atoms with Crippen molar-refractivity contribution < 1.29 is 23.1 Å². The zero-order chi connectivity index (χ0) is 18.2. The number of amides is 2. The van der Waals surface area contributed by atoms with Crippen LogP contribution in [0.2, 0.25) is 0 Å². The lowest BCUT2D eigenvalue weighted by molar-refractivity contribution is -0.150. The van der Waals surface area contributed by atoms with E-state index in [1.807, 2.05) is 4.90 Å². The topological polar surface area (TPSA) is 58.6 Å². The van der Waals surface area contributed by atoms with Crippen molar-refractivity contribution in [3.8, 4) is 0 Å². The molecule has 3 fully saturated rings. The molecule has 1 saturated carbocycles. The van der Waals surface area contributed by atoms with Gasteiger partial charge in [0.05, 0.1) is 12.7 Å². The van der Waals surface area contributed by atoms with Crippen LogP contribution in [0.5, 0.6) is 0 Å². The molecule has 0 aromatic rings. The Kier molecular flexibility index (Phi) is 5.32. The van der Waals surface area contributed by atoms with Crippen molar-refractivity contribution >= 4 is 11.8 Å². The molecule has 142 valence electrons. The van der Waals surface area contributed by atoms with Gasteiger partial charge < -0.3 is 15.0 Å². The molecule has 2 heterocycles. The number of fused-ring (bicyclic) bond motifs is 1. The second-order valence-electron chi connectivity index (χ2n) is 8.23. The highest BCUT2D eigenvalue weighted by molar-refractivity contribution is 5.79. The molecule has 2 aliphatic heterocycles. The highest BCUT2D eigenvalue weighted by Crippen LogP contribution is 2.42. The lowest BCUT2D eigenvalue weighted by Crippen LogP contribution is -2.46. The fraction of sp³-hybridized carbons (Fsp3) is 0.889. The average molecular weight is 358 g/mol. The van der Waals surface area contributed by atoms with E-state index < -0.39 is 11.8 Å². The van der Waals surface area contributed by atoms with Gasteiger partial charge in [0.15, 0.2) is 0 Å². The zero-order valence-electron chi connectivity index (χ0n) is 15.0. The van der Waals surface area contributed by atoms with Crippen LogP contribution in [0, 0.1) is 23.7 Å². The average Bonchev–Trinajstić information content (AvgIpc) is 3.08. The number of rotatable bonds is 6. The SMILES string of the molecule is CC(C)CCC(=O)N1C[C@@H]2[C@@H](CNC(=O)C3CC(F)(F)C3)CO[C@@H]2C1. The molecule has 0 aromatic carbocycles. The summed E-state index contributed by atoms with van der Waals surface area (Å²) in [5.74, 6) is -2.46. The van der Waals surface area contributed by atoms with Gasteiger partial charge in [-0.1, -0.05) is 13.8 Å². The van der Waals surface area contributed by atoms with Crippen LogP contribution in [-0.4, -0.2) is 55.0 Å². The Hall–Kier alpha value is -1.24. The molecule has 0 unspecified atom stereocenters. The van der Waals surface area contributed by atoms with E-state index in [0.29, 0.717) is 38.6 Å². The molecule has 0 aromatic heterocycles. The van der Waals surface area contributed by atoms with E-state index in [1.54, 1.807) is 0 Å². The predicted molar refractivity (Wildman–Crippen MR) is 88.1 cm³/mol. The van der Waals surface area contributed by atoms with E-state index in [-0.39, 0.29) is 42.6 Å². The van der Waals surface area contributed by atoms with Gasteiger partial charge in [0.1, 0.15) is 0 Å². The summed E-state index contributed by atoms with van der Waals surface area (Å²) in [6, 6.07) is 0. The van der Waals surface area contributed by atoms with Crippen molar-refractivity contribution in [2.24, 2.45) is 23.7 Å². The first kappa shape index (κ1) is 18.5. The molecule has 0 bridgehead atoms. The summed E-state index contributed by atoms with van der Waals surface area (Å²) < 4.78 is 31.5. The fourth-order valence-corrected chi connectivity index (χ4v) is 4.01. The van der Waals surface area contributed by atoms with Gasteiger partial charge in [-0.2, -0.15) is 0 Å². The van der Waals surface area contributed by atoms with Crippen LogP contribution in [0.25, 0.3) is 0 Å². The number of alkyl halides is 2. The third kappa shape index (κ3) is 4.30. The summed E-state index contributed by atoms with van der Waals surface area (Å²) in [7, 11) is 0. The van der Waals surface area contributed by atoms with E-state index in [2.05, 4.69) is 19.2 Å². The highest BCUT2D eigenvalue weighted by Gasteiger charge is 2.49. The Labute approximate surface area is 147 Å². The molecule has 1 aliphatic carbocycles. The van der Waals surface area contributed by atoms with Gasteiger partial charge >= 0.3 is 0 Å². The highest BCUT2D eigenvalue weighted by atomic mass is 19.3. The molecule has 3 rings (SSSR count). The van der Waals surface area contributed by atoms with Gasteiger partial charge in [-0.25, -0.2) is 8.78 Å². The van der Waals surface area contributed by atoms with Crippen molar-refractivity contribution in [3.05, 3.63) is 0 Å². The molecule has 7 heteroatoms. The summed E-state index contributed by atoms with van der Waals surface area (Å²) in [5, 5.41) is 2.81. The molecule has 25 heavy (non-hydrogen) atoms. The van der Waals surface area contributed by atoms with Crippen LogP contribution in [0.3, 0.4) is 0 Å². The van der Waals surface area contributed by atoms with Crippen LogP contribution in [0.4, 0.5) is 8.78 Å². The minimum absolute atomic E-state index is 0.0398. The van der Waals surface area contributed by atoms with Crippen molar-refractivity contribution in [1.82, 2.24) is 10.2 Å². The third-order valence-electron chi connectivity index (χ3n) is 5.73. The molecule has 2 amide bonds. The quantitative estimate of drug-likeness (QED) is 0.791. The molecule has 3 aliphatic rings. The molecule has 1 N–H and O–H groups in total. The summed E-state index contributed by atoms with van der Waals surface area (Å²) >= 11 is 0. The Bertz CT molecular complexity index is 518. The van der Waals surface area contributed by atoms with Crippen LogP contribution in [0.15, 0.2) is 0 Å². The Balaban J connectivity index is 1.43. The Morgan fingerprint density at radius 2 is 2.00 bits per heavy atom. The monoisotopic (exact) mass is 358 g/mol. The smallest absolute Gasteiger partial charge is 0.249 e. The van der Waals surface area contributed by atoms with Crippen molar-refractivity contribution in [3.63, 3.8) is 0 Å². The Morgan fingerprint density at radius 3 is 2.64 bits per heavy atom. The van der Waals surface area contributed by atoms with E-state index >= 15 is 0 Å². The standard InChI is InChI=1S/C18H28F2N2O3/c1-11(2)3-4-16(23)22-8-14-13(10-25-15(14)9-22)7-21-17(24)12-5-18(19,20)6-12/h11-15H,3-10H2,1-2H3,(H,21,24)/t13-,14+,15+/m0/s1. The van der Waals surface area contributed by atoms with Crippen LogP contribution in [0.1, 0.15) is 39.5 Å². The van der Waals surface area contributed by atoms with Gasteiger partial charge in [0.25, 0.3) is 0 Å². The first-order valence-electron chi connectivity index (χ1n) is 9.30. The maximum Gasteiger partial charge on any atom is 0.249 e. The minimum atomic E-state index is -2.67. The van der Waals surface area contributed by atoms with E-state index in [0.717, 1.165) is 6.42 Å². The maximum atomic E-state index is 12.9. The number of carbonyl (C=O) groups excluding carboxylic acids is 2. The maximum absolute atomic E-state index is 12.9. The number of halogens is 2. The van der Waals surface area contributed by atoms with Gasteiger partial charge in [-0.3, -0.25) is 9.59 Å². The second-order valence-corrected chi connectivity index (χ2v) is 8.23. The summed E-state index contributed by atoms with van der Waals surface area (Å²) in [6.07, 6.45) is 0.803. The first-order valence-corrected chi connectivity index (χ1v) is 9.30. The van der Waals surface area contributed by atoms with Crippen LogP contribution >= 0.6 is 0 Å². The summed E-state index contributed by atoms with van der Waals surface area (Å²) in [4.78, 5) is 26.1. The molecule has 3 atom stereocenters. The molecule has 2 saturated heterocycles. The number of hydrogen-bond acceptors (Lipinski definition) is 3. The molecule has 5 nitrogen and oxygen atoms in total. The van der Waals surface area contributed by atoms with Gasteiger partial charge in [0, 0.05) is 56.7 Å². The van der Waals surface area contributed by atoms with Gasteiger partial charge in [-0.15, -0.1) is 0 Å². The van der Waals surface area contributed by atoms with E-state index in [9.17, 15) is 18.4 Å². The fourth-order valence-electron chi connectivity index (χ4n) is 4.01. The lowest BCUT2D eigenvalue weighted by Gasteiger charge is -2.34. The summed E-state index contributed by atoms with van der Waals surface area (Å²) in [6.45, 7) is 6.50. The summed E-state index contributed by atoms with van der Waals surface area (Å²) in [5.41, 5.74) is 0. The predicted octanol–water partition coefficient (Wildman–Crippen LogP) is 2.06. The molecule has 0 radical (unpaired) electrons. The van der Waals surface area contributed by atoms with Crippen LogP contribution in [-0.2, 0) is 14.3 Å². The van der Waals surface area contributed by atoms with Crippen molar-refractivity contribution in [1.29, 1.82) is 0 Å². The van der Waals surface area contributed by atoms with Crippen LogP contribution < -0.4 is 5.32 Å². The first-order chi connectivity index (χ1) is 11.7. The minimum Gasteiger partial charge on any atom is -0.376 e. The second kappa shape index (κ2) is 7.17. The number of nitrogens with one attached hydrogen (secondary N) is 1. The van der Waals surface area contributed by atoms with E-state index in [1.165, 1.54) is 0 Å².